The van der Waals surface area contributed by atoms with Gasteiger partial charge in [-0.25, -0.2) is 13.8 Å². The summed E-state index contributed by atoms with van der Waals surface area (Å²) in [6.45, 7) is 0. The molecule has 0 bridgehead atoms. The zero-order valence-electron chi connectivity index (χ0n) is 6.38. The van der Waals surface area contributed by atoms with Gasteiger partial charge in [0.05, 0.1) is 4.92 Å². The predicted octanol–water partition coefficient (Wildman–Crippen LogP) is 2.72. The monoisotopic (exact) mass is 226 g/mol. The van der Waals surface area contributed by atoms with Crippen molar-refractivity contribution in [3.05, 3.63) is 32.8 Å². The summed E-state index contributed by atoms with van der Waals surface area (Å²) in [5.41, 5.74) is -2.14. The zero-order chi connectivity index (χ0) is 10.9. The second-order valence-electron chi connectivity index (χ2n) is 2.23. The van der Waals surface area contributed by atoms with Crippen molar-refractivity contribution < 1.29 is 18.1 Å². The third-order valence-electron chi connectivity index (χ3n) is 1.37. The van der Waals surface area contributed by atoms with Crippen LogP contribution in [0.1, 0.15) is 12.0 Å². The van der Waals surface area contributed by atoms with E-state index in [9.17, 15) is 23.3 Å². The van der Waals surface area contributed by atoms with Crippen molar-refractivity contribution in [3.8, 4) is 0 Å². The minimum atomic E-state index is -3.18. The summed E-state index contributed by atoms with van der Waals surface area (Å²) in [5, 5.41) is 9.40. The SMILES string of the molecule is O=[N+]([O-])c1c(C(F)F)cc(F)nc1Cl. The fourth-order valence-electron chi connectivity index (χ4n) is 0.842. The third-order valence-corrected chi connectivity index (χ3v) is 1.63. The van der Waals surface area contributed by atoms with Gasteiger partial charge in [0.15, 0.2) is 0 Å². The molecule has 14 heavy (non-hydrogen) atoms. The van der Waals surface area contributed by atoms with Crippen molar-refractivity contribution in [2.24, 2.45) is 0 Å². The fourth-order valence-corrected chi connectivity index (χ4v) is 1.10. The molecule has 76 valence electrons. The Balaban J connectivity index is 3.44. The van der Waals surface area contributed by atoms with Crippen molar-refractivity contribution in [3.63, 3.8) is 0 Å². The Morgan fingerprint density at radius 3 is 2.57 bits per heavy atom. The molecule has 0 amide bonds. The highest BCUT2D eigenvalue weighted by molar-refractivity contribution is 6.31. The van der Waals surface area contributed by atoms with E-state index in [-0.39, 0.29) is 6.07 Å². The summed E-state index contributed by atoms with van der Waals surface area (Å²) in [4.78, 5) is 12.0. The minimum Gasteiger partial charge on any atom is -0.258 e. The lowest BCUT2D eigenvalue weighted by atomic mass is 10.2. The summed E-state index contributed by atoms with van der Waals surface area (Å²) in [7, 11) is 0. The van der Waals surface area contributed by atoms with Gasteiger partial charge in [0, 0.05) is 6.07 Å². The van der Waals surface area contributed by atoms with Gasteiger partial charge in [0.25, 0.3) is 6.43 Å². The molecule has 4 nitrogen and oxygen atoms in total. The summed E-state index contributed by atoms with van der Waals surface area (Å²) >= 11 is 5.15. The summed E-state index contributed by atoms with van der Waals surface area (Å²) in [6.07, 6.45) is -3.18. The molecule has 8 heteroatoms. The van der Waals surface area contributed by atoms with Crippen LogP contribution in [0, 0.1) is 16.1 Å². The highest BCUT2D eigenvalue weighted by Crippen LogP contribution is 2.33. The van der Waals surface area contributed by atoms with Crippen molar-refractivity contribution in [1.82, 2.24) is 4.98 Å². The molecular formula is C6H2ClF3N2O2. The number of pyridine rings is 1. The number of halogens is 4. The first kappa shape index (κ1) is 10.7. The van der Waals surface area contributed by atoms with Crippen LogP contribution in [0.4, 0.5) is 18.9 Å². The lowest BCUT2D eigenvalue weighted by Crippen LogP contribution is -2.00. The Morgan fingerprint density at radius 2 is 2.14 bits per heavy atom. The van der Waals surface area contributed by atoms with E-state index in [4.69, 9.17) is 11.6 Å². The second-order valence-corrected chi connectivity index (χ2v) is 2.59. The number of nitro groups is 1. The van der Waals surface area contributed by atoms with E-state index in [2.05, 4.69) is 4.98 Å². The maximum absolute atomic E-state index is 12.5. The number of hydrogen-bond acceptors (Lipinski definition) is 3. The Kier molecular flexibility index (Phi) is 2.90. The predicted molar refractivity (Wildman–Crippen MR) is 40.8 cm³/mol. The Labute approximate surface area is 80.5 Å². The van der Waals surface area contributed by atoms with E-state index in [1.54, 1.807) is 0 Å². The Bertz CT molecular complexity index is 386. The van der Waals surface area contributed by atoms with Gasteiger partial charge in [-0.15, -0.1) is 0 Å². The molecule has 0 aliphatic rings. The molecule has 1 aromatic rings. The first-order chi connectivity index (χ1) is 6.43. The molecular weight excluding hydrogens is 225 g/mol. The largest absolute Gasteiger partial charge is 0.315 e. The smallest absolute Gasteiger partial charge is 0.258 e. The van der Waals surface area contributed by atoms with Crippen LogP contribution in [0.2, 0.25) is 5.15 Å². The number of nitrogens with zero attached hydrogens (tertiary/aromatic N) is 2. The van der Waals surface area contributed by atoms with Crippen molar-refractivity contribution in [2.45, 2.75) is 6.43 Å². The summed E-state index contributed by atoms with van der Waals surface area (Å²) in [6, 6.07) is 0.286. The van der Waals surface area contributed by atoms with E-state index in [1.807, 2.05) is 0 Å². The lowest BCUT2D eigenvalue weighted by molar-refractivity contribution is -0.386. The molecule has 1 rings (SSSR count). The molecule has 0 aromatic carbocycles. The molecule has 0 N–H and O–H groups in total. The van der Waals surface area contributed by atoms with Gasteiger partial charge in [-0.2, -0.15) is 4.39 Å². The van der Waals surface area contributed by atoms with Crippen LogP contribution in [-0.2, 0) is 0 Å². The first-order valence-corrected chi connectivity index (χ1v) is 3.59. The number of alkyl halides is 2. The standard InChI is InChI=1S/C6H2ClF3N2O2/c7-5-4(12(13)14)2(6(9)10)1-3(8)11-5/h1,6H. The topological polar surface area (TPSA) is 56.0 Å². The molecule has 0 unspecified atom stereocenters. The average Bonchev–Trinajstić information content (AvgIpc) is 2.01. The van der Waals surface area contributed by atoms with Crippen LogP contribution < -0.4 is 0 Å². The molecule has 0 fully saturated rings. The molecule has 1 aromatic heterocycles. The van der Waals surface area contributed by atoms with Crippen LogP contribution in [0.3, 0.4) is 0 Å². The van der Waals surface area contributed by atoms with Gasteiger partial charge in [0.2, 0.25) is 11.1 Å². The second kappa shape index (κ2) is 3.79. The molecule has 0 spiro atoms. The molecule has 0 atom stereocenters. The van der Waals surface area contributed by atoms with Crippen LogP contribution in [0.15, 0.2) is 6.07 Å². The van der Waals surface area contributed by atoms with E-state index in [1.165, 1.54) is 0 Å². The highest BCUT2D eigenvalue weighted by Gasteiger charge is 2.27. The maximum Gasteiger partial charge on any atom is 0.315 e. The van der Waals surface area contributed by atoms with Crippen LogP contribution in [-0.4, -0.2) is 9.91 Å². The minimum absolute atomic E-state index is 0.286. The van der Waals surface area contributed by atoms with Crippen LogP contribution >= 0.6 is 11.6 Å². The summed E-state index contributed by atoms with van der Waals surface area (Å²) < 4.78 is 36.9. The number of aromatic nitrogens is 1. The normalized spacial score (nSPS) is 10.6. The summed E-state index contributed by atoms with van der Waals surface area (Å²) in [5.74, 6) is -1.28. The quantitative estimate of drug-likeness (QED) is 0.443. The van der Waals surface area contributed by atoms with Crippen molar-refractivity contribution >= 4 is 17.3 Å². The van der Waals surface area contributed by atoms with Crippen molar-refractivity contribution in [2.75, 3.05) is 0 Å². The Hall–Kier alpha value is -1.37. The van der Waals surface area contributed by atoms with E-state index < -0.39 is 33.7 Å². The maximum atomic E-state index is 12.5. The average molecular weight is 227 g/mol. The van der Waals surface area contributed by atoms with Gasteiger partial charge in [-0.3, -0.25) is 10.1 Å². The van der Waals surface area contributed by atoms with Crippen LogP contribution in [0.5, 0.6) is 0 Å². The number of hydrogen-bond donors (Lipinski definition) is 0. The number of rotatable bonds is 2. The molecule has 0 radical (unpaired) electrons. The zero-order valence-corrected chi connectivity index (χ0v) is 7.13. The van der Waals surface area contributed by atoms with Gasteiger partial charge in [-0.1, -0.05) is 11.6 Å². The van der Waals surface area contributed by atoms with E-state index in [0.29, 0.717) is 0 Å². The van der Waals surface area contributed by atoms with E-state index in [0.717, 1.165) is 0 Å². The molecule has 0 aliphatic heterocycles. The molecule has 1 heterocycles. The lowest BCUT2D eigenvalue weighted by Gasteiger charge is -2.02. The third kappa shape index (κ3) is 1.92. The molecule has 0 saturated carbocycles. The van der Waals surface area contributed by atoms with Crippen LogP contribution in [0.25, 0.3) is 0 Å². The Morgan fingerprint density at radius 1 is 1.57 bits per heavy atom. The highest BCUT2D eigenvalue weighted by atomic mass is 35.5. The first-order valence-electron chi connectivity index (χ1n) is 3.22. The van der Waals surface area contributed by atoms with Crippen molar-refractivity contribution in [1.29, 1.82) is 0 Å². The van der Waals surface area contributed by atoms with E-state index >= 15 is 0 Å². The fraction of sp³-hybridized carbons (Fsp3) is 0.167. The molecule has 0 saturated heterocycles. The molecule has 0 aliphatic carbocycles. The van der Waals surface area contributed by atoms with Gasteiger partial charge < -0.3 is 0 Å². The van der Waals surface area contributed by atoms with Gasteiger partial charge in [0.1, 0.15) is 5.56 Å². The van der Waals surface area contributed by atoms with Gasteiger partial charge in [-0.05, 0) is 0 Å². The van der Waals surface area contributed by atoms with Gasteiger partial charge >= 0.3 is 5.69 Å².